The molecule has 4 nitrogen and oxygen atoms in total. The van der Waals surface area contributed by atoms with E-state index in [0.717, 1.165) is 36.9 Å². The topological polar surface area (TPSA) is 37.4 Å². The molecule has 0 aromatic carbocycles. The molecule has 0 fully saturated rings. The van der Waals surface area contributed by atoms with E-state index in [1.54, 1.807) is 0 Å². The average molecular weight is 369 g/mol. The van der Waals surface area contributed by atoms with Crippen LogP contribution in [0.1, 0.15) is 12.5 Å². The number of hydrogen-bond donors (Lipinski definition) is 1. The van der Waals surface area contributed by atoms with Crippen molar-refractivity contribution in [3.63, 3.8) is 0 Å². The van der Waals surface area contributed by atoms with Gasteiger partial charge in [-0.2, -0.15) is 4.98 Å². The van der Waals surface area contributed by atoms with Gasteiger partial charge in [-0.05, 0) is 19.1 Å². The summed E-state index contributed by atoms with van der Waals surface area (Å²) in [5, 5.41) is 3.29. The number of halogens is 2. The summed E-state index contributed by atoms with van der Waals surface area (Å²) >= 11 is 0. The Morgan fingerprint density at radius 3 is 2.88 bits per heavy atom. The molecule has 0 atom stereocenters. The fourth-order valence-electron chi connectivity index (χ4n) is 1.54. The molecule has 1 aromatic rings. The Balaban J connectivity index is 0.00000128. The van der Waals surface area contributed by atoms with Crippen molar-refractivity contribution in [1.82, 2.24) is 10.3 Å². The van der Waals surface area contributed by atoms with Gasteiger partial charge < -0.3 is 15.0 Å². The molecule has 2 rings (SSSR count). The van der Waals surface area contributed by atoms with Crippen molar-refractivity contribution in [3.8, 4) is 5.88 Å². The Kier molecular flexibility index (Phi) is 7.74. The van der Waals surface area contributed by atoms with Crippen molar-refractivity contribution in [1.29, 1.82) is 0 Å². The van der Waals surface area contributed by atoms with Gasteiger partial charge in [0.2, 0.25) is 5.88 Å². The maximum Gasteiger partial charge on any atom is 0.219 e. The minimum absolute atomic E-state index is 0. The van der Waals surface area contributed by atoms with Gasteiger partial charge in [0.1, 0.15) is 12.4 Å². The molecule has 6 heteroatoms. The first-order valence-corrected chi connectivity index (χ1v) is 5.36. The van der Waals surface area contributed by atoms with E-state index >= 15 is 0 Å². The Labute approximate surface area is 123 Å². The normalized spacial score (nSPS) is 13.3. The van der Waals surface area contributed by atoms with Crippen LogP contribution < -0.4 is 15.0 Å². The maximum atomic E-state index is 5.58. The number of fused-ring (bicyclic) bond motifs is 1. The van der Waals surface area contributed by atoms with Crippen LogP contribution in [-0.2, 0) is 6.54 Å². The van der Waals surface area contributed by atoms with E-state index in [-0.39, 0.29) is 34.0 Å². The SMILES string of the molecule is Br.Br.CCN(C)c1ccc2c(n1)OCCNC2. The van der Waals surface area contributed by atoms with E-state index in [0.29, 0.717) is 6.61 Å². The number of nitrogens with one attached hydrogen (secondary N) is 1. The molecule has 0 radical (unpaired) electrons. The van der Waals surface area contributed by atoms with Crippen molar-refractivity contribution >= 4 is 39.8 Å². The molecule has 0 amide bonds. The molecule has 98 valence electrons. The fourth-order valence-corrected chi connectivity index (χ4v) is 1.54. The second kappa shape index (κ2) is 7.89. The van der Waals surface area contributed by atoms with Crippen LogP contribution in [0.5, 0.6) is 5.88 Å². The molecule has 0 unspecified atom stereocenters. The monoisotopic (exact) mass is 367 g/mol. The Morgan fingerprint density at radius 2 is 2.18 bits per heavy atom. The molecule has 1 aliphatic rings. The largest absolute Gasteiger partial charge is 0.476 e. The third kappa shape index (κ3) is 4.12. The van der Waals surface area contributed by atoms with Gasteiger partial charge >= 0.3 is 0 Å². The molecular formula is C11H19Br2N3O. The van der Waals surface area contributed by atoms with Crippen LogP contribution in [0.25, 0.3) is 0 Å². The molecule has 0 aliphatic carbocycles. The molecule has 0 bridgehead atoms. The molecule has 2 heterocycles. The van der Waals surface area contributed by atoms with Crippen LogP contribution in [-0.4, -0.2) is 31.7 Å². The zero-order chi connectivity index (χ0) is 10.7. The van der Waals surface area contributed by atoms with Crippen LogP contribution in [0.3, 0.4) is 0 Å². The summed E-state index contributed by atoms with van der Waals surface area (Å²) in [4.78, 5) is 6.61. The van der Waals surface area contributed by atoms with E-state index in [1.807, 2.05) is 13.1 Å². The lowest BCUT2D eigenvalue weighted by molar-refractivity contribution is 0.314. The highest BCUT2D eigenvalue weighted by Crippen LogP contribution is 2.21. The van der Waals surface area contributed by atoms with Gasteiger partial charge in [0.05, 0.1) is 0 Å². The van der Waals surface area contributed by atoms with E-state index in [4.69, 9.17) is 4.74 Å². The minimum atomic E-state index is 0. The first-order chi connectivity index (χ1) is 7.31. The third-order valence-corrected chi connectivity index (χ3v) is 2.62. The number of pyridine rings is 1. The van der Waals surface area contributed by atoms with E-state index in [2.05, 4.69) is 28.2 Å². The first-order valence-electron chi connectivity index (χ1n) is 5.36. The van der Waals surface area contributed by atoms with Gasteiger partial charge in [-0.1, -0.05) is 0 Å². The summed E-state index contributed by atoms with van der Waals surface area (Å²) in [6.45, 7) is 5.48. The van der Waals surface area contributed by atoms with Crippen molar-refractivity contribution in [2.45, 2.75) is 13.5 Å². The van der Waals surface area contributed by atoms with E-state index in [9.17, 15) is 0 Å². The summed E-state index contributed by atoms with van der Waals surface area (Å²) in [5.41, 5.74) is 1.14. The van der Waals surface area contributed by atoms with Crippen LogP contribution in [0, 0.1) is 0 Å². The second-order valence-electron chi connectivity index (χ2n) is 3.67. The molecule has 1 N–H and O–H groups in total. The van der Waals surface area contributed by atoms with Crippen molar-refractivity contribution in [3.05, 3.63) is 17.7 Å². The molecular weight excluding hydrogens is 350 g/mol. The summed E-state index contributed by atoms with van der Waals surface area (Å²) in [7, 11) is 2.03. The summed E-state index contributed by atoms with van der Waals surface area (Å²) in [5.74, 6) is 1.75. The molecule has 0 spiro atoms. The van der Waals surface area contributed by atoms with Crippen molar-refractivity contribution in [2.24, 2.45) is 0 Å². The Hall–Kier alpha value is -0.330. The van der Waals surface area contributed by atoms with Gasteiger partial charge in [0, 0.05) is 32.2 Å². The lowest BCUT2D eigenvalue weighted by Gasteiger charge is -2.17. The van der Waals surface area contributed by atoms with Gasteiger partial charge in [-0.25, -0.2) is 0 Å². The minimum Gasteiger partial charge on any atom is -0.476 e. The number of ether oxygens (including phenoxy) is 1. The number of nitrogens with zero attached hydrogens (tertiary/aromatic N) is 2. The van der Waals surface area contributed by atoms with Crippen molar-refractivity contribution in [2.75, 3.05) is 31.6 Å². The predicted octanol–water partition coefficient (Wildman–Crippen LogP) is 2.18. The third-order valence-electron chi connectivity index (χ3n) is 2.62. The van der Waals surface area contributed by atoms with Crippen LogP contribution in [0.15, 0.2) is 12.1 Å². The lowest BCUT2D eigenvalue weighted by atomic mass is 10.2. The Morgan fingerprint density at radius 1 is 1.41 bits per heavy atom. The highest BCUT2D eigenvalue weighted by atomic mass is 79.9. The standard InChI is InChI=1S/C11H17N3O.2BrH/c1-3-14(2)10-5-4-9-8-12-6-7-15-11(9)13-10;;/h4-5,12H,3,6-8H2,1-2H3;2*1H. The molecule has 1 aromatic heterocycles. The predicted molar refractivity (Wildman–Crippen MR) is 81.0 cm³/mol. The number of rotatable bonds is 2. The summed E-state index contributed by atoms with van der Waals surface area (Å²) in [6, 6.07) is 4.13. The van der Waals surface area contributed by atoms with Crippen molar-refractivity contribution < 1.29 is 4.74 Å². The lowest BCUT2D eigenvalue weighted by Crippen LogP contribution is -2.17. The van der Waals surface area contributed by atoms with Gasteiger partial charge in [-0.3, -0.25) is 0 Å². The first kappa shape index (κ1) is 16.7. The smallest absolute Gasteiger partial charge is 0.219 e. The molecule has 17 heavy (non-hydrogen) atoms. The van der Waals surface area contributed by atoms with Gasteiger partial charge in [0.25, 0.3) is 0 Å². The fraction of sp³-hybridized carbons (Fsp3) is 0.545. The Bertz CT molecular complexity index is 349. The van der Waals surface area contributed by atoms with E-state index in [1.165, 1.54) is 0 Å². The number of anilines is 1. The summed E-state index contributed by atoms with van der Waals surface area (Å²) in [6.07, 6.45) is 0. The quantitative estimate of drug-likeness (QED) is 0.868. The van der Waals surface area contributed by atoms with Crippen LogP contribution in [0.4, 0.5) is 5.82 Å². The second-order valence-corrected chi connectivity index (χ2v) is 3.67. The van der Waals surface area contributed by atoms with E-state index < -0.39 is 0 Å². The highest BCUT2D eigenvalue weighted by molar-refractivity contribution is 8.93. The van der Waals surface area contributed by atoms with Crippen LogP contribution >= 0.6 is 34.0 Å². The average Bonchev–Trinajstić information content (AvgIpc) is 2.51. The zero-order valence-corrected chi connectivity index (χ0v) is 13.5. The molecule has 0 saturated heterocycles. The van der Waals surface area contributed by atoms with Gasteiger partial charge in [0.15, 0.2) is 0 Å². The summed E-state index contributed by atoms with van der Waals surface area (Å²) < 4.78 is 5.58. The maximum absolute atomic E-state index is 5.58. The molecule has 1 aliphatic heterocycles. The number of hydrogen-bond acceptors (Lipinski definition) is 4. The number of aromatic nitrogens is 1. The zero-order valence-electron chi connectivity index (χ0n) is 10.1. The van der Waals surface area contributed by atoms with Crippen LogP contribution in [0.2, 0.25) is 0 Å². The molecule has 0 saturated carbocycles. The highest BCUT2D eigenvalue weighted by Gasteiger charge is 2.11. The van der Waals surface area contributed by atoms with Gasteiger partial charge in [-0.15, -0.1) is 34.0 Å².